The summed E-state index contributed by atoms with van der Waals surface area (Å²) in [7, 11) is -3.47. The third-order valence-electron chi connectivity index (χ3n) is 5.03. The summed E-state index contributed by atoms with van der Waals surface area (Å²) in [6.07, 6.45) is 3.54. The van der Waals surface area contributed by atoms with Crippen LogP contribution >= 0.6 is 11.3 Å². The van der Waals surface area contributed by atoms with E-state index in [1.165, 1.54) is 9.71 Å². The Morgan fingerprint density at radius 3 is 2.54 bits per heavy atom. The molecule has 1 unspecified atom stereocenters. The van der Waals surface area contributed by atoms with E-state index in [1.807, 2.05) is 47.8 Å². The normalized spacial score (nSPS) is 17.6. The SMILES string of the molecule is CCC(NC(=O)C1CCN(S(=O)(=O)/C=C/c2ccccc2)CC1)c1cccs1. The number of benzene rings is 1. The van der Waals surface area contributed by atoms with E-state index >= 15 is 0 Å². The van der Waals surface area contributed by atoms with Crippen molar-refractivity contribution in [3.63, 3.8) is 0 Å². The van der Waals surface area contributed by atoms with Crippen LogP contribution in [0.3, 0.4) is 0 Å². The van der Waals surface area contributed by atoms with Crippen LogP contribution in [0.2, 0.25) is 0 Å². The van der Waals surface area contributed by atoms with Crippen LogP contribution in [0, 0.1) is 5.92 Å². The van der Waals surface area contributed by atoms with Gasteiger partial charge in [0.25, 0.3) is 0 Å². The number of hydrogen-bond acceptors (Lipinski definition) is 4. The maximum atomic E-state index is 12.6. The average Bonchev–Trinajstić information content (AvgIpc) is 3.26. The van der Waals surface area contributed by atoms with Crippen LogP contribution < -0.4 is 5.32 Å². The third-order valence-corrected chi connectivity index (χ3v) is 7.58. The standard InChI is InChI=1S/C21H26N2O3S2/c1-2-19(20-9-6-15-27-20)22-21(24)18-10-13-23(14-11-18)28(25,26)16-12-17-7-4-3-5-8-17/h3-9,12,15-16,18-19H,2,10-11,13-14H2,1H3,(H,22,24)/b16-12+. The Morgan fingerprint density at radius 2 is 1.93 bits per heavy atom. The molecule has 1 N–H and O–H groups in total. The summed E-state index contributed by atoms with van der Waals surface area (Å²) in [5.41, 5.74) is 0.847. The second kappa shape index (κ2) is 9.49. The van der Waals surface area contributed by atoms with Gasteiger partial charge >= 0.3 is 0 Å². The van der Waals surface area contributed by atoms with Crippen LogP contribution in [0.4, 0.5) is 0 Å². The lowest BCUT2D eigenvalue weighted by atomic mass is 9.96. The first-order chi connectivity index (χ1) is 13.5. The van der Waals surface area contributed by atoms with E-state index in [-0.39, 0.29) is 17.9 Å². The molecule has 3 rings (SSSR count). The Kier molecular flexibility index (Phi) is 7.04. The van der Waals surface area contributed by atoms with Gasteiger partial charge < -0.3 is 5.32 Å². The van der Waals surface area contributed by atoms with Gasteiger partial charge in [0.15, 0.2) is 0 Å². The molecule has 28 heavy (non-hydrogen) atoms. The maximum absolute atomic E-state index is 12.6. The van der Waals surface area contributed by atoms with Gasteiger partial charge in [-0.3, -0.25) is 4.79 Å². The maximum Gasteiger partial charge on any atom is 0.236 e. The second-order valence-corrected chi connectivity index (χ2v) is 9.71. The van der Waals surface area contributed by atoms with Gasteiger partial charge in [0, 0.05) is 29.3 Å². The molecule has 1 aliphatic rings. The number of hydrogen-bond donors (Lipinski definition) is 1. The first-order valence-corrected chi connectivity index (χ1v) is 11.9. The van der Waals surface area contributed by atoms with Crippen molar-refractivity contribution in [2.24, 2.45) is 5.92 Å². The minimum absolute atomic E-state index is 0.0251. The molecule has 1 aromatic heterocycles. The largest absolute Gasteiger partial charge is 0.348 e. The first-order valence-electron chi connectivity index (χ1n) is 9.56. The van der Waals surface area contributed by atoms with Crippen LogP contribution in [-0.4, -0.2) is 31.7 Å². The van der Waals surface area contributed by atoms with Crippen LogP contribution in [0.1, 0.15) is 42.7 Å². The lowest BCUT2D eigenvalue weighted by Crippen LogP contribution is -2.43. The number of nitrogens with zero attached hydrogens (tertiary/aromatic N) is 1. The third kappa shape index (κ3) is 5.31. The van der Waals surface area contributed by atoms with Crippen LogP contribution in [-0.2, 0) is 14.8 Å². The highest BCUT2D eigenvalue weighted by molar-refractivity contribution is 7.92. The van der Waals surface area contributed by atoms with Gasteiger partial charge in [-0.2, -0.15) is 4.31 Å². The summed E-state index contributed by atoms with van der Waals surface area (Å²) < 4.78 is 26.6. The fraction of sp³-hybridized carbons (Fsp3) is 0.381. The minimum atomic E-state index is -3.47. The smallest absolute Gasteiger partial charge is 0.236 e. The van der Waals surface area contributed by atoms with Gasteiger partial charge in [-0.25, -0.2) is 8.42 Å². The summed E-state index contributed by atoms with van der Waals surface area (Å²) in [5.74, 6) is -0.115. The zero-order valence-corrected chi connectivity index (χ0v) is 17.6. The van der Waals surface area contributed by atoms with Gasteiger partial charge in [0.2, 0.25) is 15.9 Å². The van der Waals surface area contributed by atoms with Gasteiger partial charge in [0.05, 0.1) is 6.04 Å². The Labute approximate surface area is 171 Å². The van der Waals surface area contributed by atoms with E-state index in [9.17, 15) is 13.2 Å². The predicted molar refractivity (Wildman–Crippen MR) is 114 cm³/mol. The van der Waals surface area contributed by atoms with Crippen molar-refractivity contribution in [3.05, 3.63) is 63.7 Å². The fourth-order valence-corrected chi connectivity index (χ4v) is 5.42. The molecule has 0 aliphatic carbocycles. The highest BCUT2D eigenvalue weighted by atomic mass is 32.2. The van der Waals surface area contributed by atoms with Crippen LogP contribution in [0.5, 0.6) is 0 Å². The number of amides is 1. The van der Waals surface area contributed by atoms with E-state index in [0.29, 0.717) is 25.9 Å². The topological polar surface area (TPSA) is 66.5 Å². The molecule has 5 nitrogen and oxygen atoms in total. The van der Waals surface area contributed by atoms with E-state index in [4.69, 9.17) is 0 Å². The molecule has 1 atom stereocenters. The van der Waals surface area contributed by atoms with Crippen molar-refractivity contribution < 1.29 is 13.2 Å². The molecule has 150 valence electrons. The number of carbonyl (C=O) groups excluding carboxylic acids is 1. The molecule has 2 heterocycles. The predicted octanol–water partition coefficient (Wildman–Crippen LogP) is 4.03. The molecule has 0 radical (unpaired) electrons. The molecule has 2 aromatic rings. The van der Waals surface area contributed by atoms with Crippen molar-refractivity contribution in [1.29, 1.82) is 0 Å². The summed E-state index contributed by atoms with van der Waals surface area (Å²) in [6, 6.07) is 13.4. The summed E-state index contributed by atoms with van der Waals surface area (Å²) >= 11 is 1.64. The molecule has 1 fully saturated rings. The molecule has 1 saturated heterocycles. The zero-order chi connectivity index (χ0) is 20.0. The molecule has 1 aromatic carbocycles. The summed E-state index contributed by atoms with van der Waals surface area (Å²) in [5, 5.41) is 6.40. The average molecular weight is 419 g/mol. The van der Waals surface area contributed by atoms with Crippen molar-refractivity contribution in [1.82, 2.24) is 9.62 Å². The quantitative estimate of drug-likeness (QED) is 0.738. The fourth-order valence-electron chi connectivity index (χ4n) is 3.34. The van der Waals surface area contributed by atoms with Gasteiger partial charge in [0.1, 0.15) is 0 Å². The zero-order valence-electron chi connectivity index (χ0n) is 16.0. The monoisotopic (exact) mass is 418 g/mol. The number of thiophene rings is 1. The lowest BCUT2D eigenvalue weighted by molar-refractivity contribution is -0.126. The molecule has 1 aliphatic heterocycles. The Bertz CT molecular complexity index is 885. The minimum Gasteiger partial charge on any atom is -0.348 e. The van der Waals surface area contributed by atoms with Crippen molar-refractivity contribution in [2.75, 3.05) is 13.1 Å². The van der Waals surface area contributed by atoms with Crippen molar-refractivity contribution >= 4 is 33.3 Å². The second-order valence-electron chi connectivity index (χ2n) is 6.92. The number of rotatable bonds is 7. The van der Waals surface area contributed by atoms with E-state index in [0.717, 1.165) is 16.9 Å². The van der Waals surface area contributed by atoms with Gasteiger partial charge in [-0.15, -0.1) is 11.3 Å². The summed E-state index contributed by atoms with van der Waals surface area (Å²) in [4.78, 5) is 13.8. The Morgan fingerprint density at radius 1 is 1.21 bits per heavy atom. The molecule has 7 heteroatoms. The lowest BCUT2D eigenvalue weighted by Gasteiger charge is -2.30. The van der Waals surface area contributed by atoms with E-state index in [2.05, 4.69) is 12.2 Å². The van der Waals surface area contributed by atoms with Crippen molar-refractivity contribution in [3.8, 4) is 0 Å². The molecule has 0 spiro atoms. The van der Waals surface area contributed by atoms with Gasteiger partial charge in [-0.1, -0.05) is 43.3 Å². The number of nitrogens with one attached hydrogen (secondary N) is 1. The molecule has 0 saturated carbocycles. The number of sulfonamides is 1. The Hall–Kier alpha value is -1.96. The highest BCUT2D eigenvalue weighted by Crippen LogP contribution is 2.25. The number of carbonyl (C=O) groups is 1. The molecular formula is C21H26N2O3S2. The molecular weight excluding hydrogens is 392 g/mol. The first kappa shape index (κ1) is 20.8. The van der Waals surface area contributed by atoms with Gasteiger partial charge in [-0.05, 0) is 42.3 Å². The number of piperidine rings is 1. The Balaban J connectivity index is 1.54. The van der Waals surface area contributed by atoms with E-state index < -0.39 is 10.0 Å². The molecule has 1 amide bonds. The molecule has 0 bridgehead atoms. The van der Waals surface area contributed by atoms with Crippen LogP contribution in [0.25, 0.3) is 6.08 Å². The van der Waals surface area contributed by atoms with Crippen molar-refractivity contribution in [2.45, 2.75) is 32.2 Å². The summed E-state index contributed by atoms with van der Waals surface area (Å²) in [6.45, 7) is 2.80. The van der Waals surface area contributed by atoms with Crippen LogP contribution in [0.15, 0.2) is 53.3 Å². The van der Waals surface area contributed by atoms with E-state index in [1.54, 1.807) is 17.4 Å². The highest BCUT2D eigenvalue weighted by Gasteiger charge is 2.30.